The highest BCUT2D eigenvalue weighted by Gasteiger charge is 2.37. The summed E-state index contributed by atoms with van der Waals surface area (Å²) in [5.74, 6) is 0. The van der Waals surface area contributed by atoms with E-state index in [0.717, 1.165) is 24.9 Å². The molecule has 3 fully saturated rings. The molecule has 1 heterocycles. The van der Waals surface area contributed by atoms with Crippen LogP contribution in [0.1, 0.15) is 92.9 Å². The molecule has 1 saturated heterocycles. The highest BCUT2D eigenvalue weighted by atomic mass is 16.5. The van der Waals surface area contributed by atoms with E-state index in [-0.39, 0.29) is 5.60 Å². The van der Waals surface area contributed by atoms with Crippen molar-refractivity contribution in [1.29, 1.82) is 0 Å². The summed E-state index contributed by atoms with van der Waals surface area (Å²) in [5, 5.41) is 0. The Morgan fingerprint density at radius 1 is 0.714 bits per heavy atom. The summed E-state index contributed by atoms with van der Waals surface area (Å²) in [6.07, 6.45) is 11.2. The van der Waals surface area contributed by atoms with Crippen LogP contribution in [-0.2, 0) is 9.47 Å². The van der Waals surface area contributed by atoms with Gasteiger partial charge in [-0.2, -0.15) is 0 Å². The third kappa shape index (κ3) is 6.17. The maximum absolute atomic E-state index is 6.39. The average Bonchev–Trinajstić information content (AvgIpc) is 2.58. The van der Waals surface area contributed by atoms with Crippen LogP contribution >= 0.6 is 0 Å². The Balaban J connectivity index is 1.33. The number of nitrogens with zero attached hydrogens (tertiary/aromatic N) is 2. The zero-order valence-electron chi connectivity index (χ0n) is 19.7. The molecule has 0 unspecified atom stereocenters. The van der Waals surface area contributed by atoms with Crippen LogP contribution in [-0.4, -0.2) is 71.5 Å². The molecule has 0 N–H and O–H groups in total. The van der Waals surface area contributed by atoms with Crippen LogP contribution in [0.2, 0.25) is 0 Å². The van der Waals surface area contributed by atoms with Crippen LogP contribution < -0.4 is 0 Å². The van der Waals surface area contributed by atoms with Crippen molar-refractivity contribution >= 4 is 0 Å². The summed E-state index contributed by atoms with van der Waals surface area (Å²) < 4.78 is 12.4. The fourth-order valence-corrected chi connectivity index (χ4v) is 5.33. The minimum Gasteiger partial charge on any atom is -0.375 e. The van der Waals surface area contributed by atoms with Gasteiger partial charge in [-0.15, -0.1) is 0 Å². The van der Waals surface area contributed by atoms with Crippen LogP contribution in [0.25, 0.3) is 0 Å². The number of hydrogen-bond acceptors (Lipinski definition) is 4. The van der Waals surface area contributed by atoms with E-state index in [9.17, 15) is 0 Å². The molecular formula is C24H46N2O2. The SMILES string of the molecule is CN(C1CCC(OC2CC(OC(C)(C)C)C2)CC1)C1CCN(C(C)(C)C)CC1. The van der Waals surface area contributed by atoms with Crippen LogP contribution in [0.4, 0.5) is 0 Å². The third-order valence-corrected chi connectivity index (χ3v) is 7.17. The van der Waals surface area contributed by atoms with Crippen molar-refractivity contribution in [2.75, 3.05) is 20.1 Å². The lowest BCUT2D eigenvalue weighted by Crippen LogP contribution is -2.52. The summed E-state index contributed by atoms with van der Waals surface area (Å²) >= 11 is 0. The summed E-state index contributed by atoms with van der Waals surface area (Å²) in [6, 6.07) is 1.52. The molecule has 0 amide bonds. The maximum atomic E-state index is 6.39. The Hall–Kier alpha value is -0.160. The minimum absolute atomic E-state index is 0.0265. The van der Waals surface area contributed by atoms with Gasteiger partial charge in [0, 0.05) is 30.7 Å². The first-order valence-corrected chi connectivity index (χ1v) is 11.8. The molecule has 0 atom stereocenters. The molecule has 2 aliphatic carbocycles. The molecule has 164 valence electrons. The van der Waals surface area contributed by atoms with Gasteiger partial charge in [-0.1, -0.05) is 0 Å². The van der Waals surface area contributed by atoms with Crippen molar-refractivity contribution in [1.82, 2.24) is 9.80 Å². The zero-order valence-corrected chi connectivity index (χ0v) is 19.7. The molecule has 0 radical (unpaired) electrons. The normalized spacial score (nSPS) is 33.9. The van der Waals surface area contributed by atoms with E-state index in [4.69, 9.17) is 9.47 Å². The highest BCUT2D eigenvalue weighted by Crippen LogP contribution is 2.35. The smallest absolute Gasteiger partial charge is 0.0631 e. The molecule has 0 aromatic heterocycles. The van der Waals surface area contributed by atoms with Gasteiger partial charge in [0.1, 0.15) is 0 Å². The van der Waals surface area contributed by atoms with Gasteiger partial charge in [0.05, 0.1) is 23.9 Å². The fraction of sp³-hybridized carbons (Fsp3) is 1.00. The molecule has 2 saturated carbocycles. The van der Waals surface area contributed by atoms with Gasteiger partial charge in [-0.05, 0) is 100.0 Å². The van der Waals surface area contributed by atoms with E-state index in [1.807, 2.05) is 0 Å². The lowest BCUT2D eigenvalue weighted by molar-refractivity contribution is -0.167. The Labute approximate surface area is 174 Å². The van der Waals surface area contributed by atoms with Gasteiger partial charge in [-0.3, -0.25) is 4.90 Å². The van der Waals surface area contributed by atoms with E-state index in [0.29, 0.717) is 23.9 Å². The Kier molecular flexibility index (Phi) is 7.17. The van der Waals surface area contributed by atoms with Crippen molar-refractivity contribution in [3.8, 4) is 0 Å². The number of likely N-dealkylation sites (tertiary alicyclic amines) is 1. The van der Waals surface area contributed by atoms with Gasteiger partial charge in [0.2, 0.25) is 0 Å². The molecule has 3 aliphatic rings. The molecule has 4 heteroatoms. The van der Waals surface area contributed by atoms with E-state index in [1.165, 1.54) is 51.6 Å². The number of rotatable bonds is 5. The van der Waals surface area contributed by atoms with E-state index in [1.54, 1.807) is 0 Å². The van der Waals surface area contributed by atoms with E-state index in [2.05, 4.69) is 58.4 Å². The predicted octanol–water partition coefficient (Wildman–Crippen LogP) is 4.86. The van der Waals surface area contributed by atoms with E-state index >= 15 is 0 Å². The Morgan fingerprint density at radius 3 is 1.75 bits per heavy atom. The van der Waals surface area contributed by atoms with Gasteiger partial charge in [-0.25, -0.2) is 0 Å². The standard InChI is InChI=1S/C24H46N2O2/c1-23(2,3)26-14-12-19(13-15-26)25(7)18-8-10-20(11-9-18)27-21-16-22(17-21)28-24(4,5)6/h18-22H,8-17H2,1-7H3. The molecule has 0 aromatic carbocycles. The minimum atomic E-state index is -0.0265. The average molecular weight is 395 g/mol. The molecule has 1 aliphatic heterocycles. The summed E-state index contributed by atoms with van der Waals surface area (Å²) in [7, 11) is 2.38. The fourth-order valence-electron chi connectivity index (χ4n) is 5.33. The number of ether oxygens (including phenoxy) is 2. The second-order valence-electron chi connectivity index (χ2n) is 11.6. The van der Waals surface area contributed by atoms with Crippen LogP contribution in [0.5, 0.6) is 0 Å². The first-order chi connectivity index (χ1) is 13.0. The molecular weight excluding hydrogens is 348 g/mol. The van der Waals surface area contributed by atoms with Gasteiger partial charge in [0.25, 0.3) is 0 Å². The van der Waals surface area contributed by atoms with E-state index < -0.39 is 0 Å². The highest BCUT2D eigenvalue weighted by molar-refractivity contribution is 4.90. The molecule has 28 heavy (non-hydrogen) atoms. The molecule has 0 spiro atoms. The molecule has 0 bridgehead atoms. The van der Waals surface area contributed by atoms with Crippen molar-refractivity contribution in [3.63, 3.8) is 0 Å². The largest absolute Gasteiger partial charge is 0.375 e. The second-order valence-corrected chi connectivity index (χ2v) is 11.6. The lowest BCUT2D eigenvalue weighted by atomic mass is 9.87. The van der Waals surface area contributed by atoms with Gasteiger partial charge in [0.15, 0.2) is 0 Å². The van der Waals surface area contributed by atoms with Gasteiger partial charge < -0.3 is 14.4 Å². The zero-order chi connectivity index (χ0) is 20.5. The monoisotopic (exact) mass is 394 g/mol. The first-order valence-electron chi connectivity index (χ1n) is 11.8. The topological polar surface area (TPSA) is 24.9 Å². The summed E-state index contributed by atoms with van der Waals surface area (Å²) in [5.41, 5.74) is 0.290. The summed E-state index contributed by atoms with van der Waals surface area (Å²) in [6.45, 7) is 16.0. The first kappa shape index (κ1) is 22.5. The summed E-state index contributed by atoms with van der Waals surface area (Å²) in [4.78, 5) is 5.37. The molecule has 4 nitrogen and oxygen atoms in total. The van der Waals surface area contributed by atoms with Gasteiger partial charge >= 0.3 is 0 Å². The molecule has 3 rings (SSSR count). The Morgan fingerprint density at radius 2 is 1.25 bits per heavy atom. The van der Waals surface area contributed by atoms with Crippen LogP contribution in [0.15, 0.2) is 0 Å². The van der Waals surface area contributed by atoms with Crippen molar-refractivity contribution in [2.45, 2.75) is 134 Å². The van der Waals surface area contributed by atoms with Crippen molar-refractivity contribution < 1.29 is 9.47 Å². The predicted molar refractivity (Wildman–Crippen MR) is 117 cm³/mol. The molecule has 0 aromatic rings. The van der Waals surface area contributed by atoms with Crippen molar-refractivity contribution in [3.05, 3.63) is 0 Å². The third-order valence-electron chi connectivity index (χ3n) is 7.17. The lowest BCUT2D eigenvalue weighted by Gasteiger charge is -2.46. The Bertz CT molecular complexity index is 474. The van der Waals surface area contributed by atoms with Crippen LogP contribution in [0.3, 0.4) is 0 Å². The number of piperidine rings is 1. The maximum Gasteiger partial charge on any atom is 0.0631 e. The van der Waals surface area contributed by atoms with Crippen LogP contribution in [0, 0.1) is 0 Å². The second kappa shape index (κ2) is 8.91. The van der Waals surface area contributed by atoms with Crippen molar-refractivity contribution in [2.24, 2.45) is 0 Å². The quantitative estimate of drug-likeness (QED) is 0.665. The number of hydrogen-bond donors (Lipinski definition) is 0.